The molecule has 0 saturated heterocycles. The molecule has 10 heteroatoms. The molecule has 1 aromatic carbocycles. The van der Waals surface area contributed by atoms with Gasteiger partial charge in [0, 0.05) is 16.0 Å². The van der Waals surface area contributed by atoms with Crippen molar-refractivity contribution in [1.82, 2.24) is 0 Å². The Morgan fingerprint density at radius 3 is 2.34 bits per heavy atom. The lowest BCUT2D eigenvalue weighted by Crippen LogP contribution is -2.42. The van der Waals surface area contributed by atoms with E-state index in [9.17, 15) is 35.4 Å². The highest BCUT2D eigenvalue weighted by atomic mass is 32.1. The van der Waals surface area contributed by atoms with Crippen LogP contribution in [-0.2, 0) is 9.53 Å². The number of rotatable bonds is 16. The van der Waals surface area contributed by atoms with E-state index in [1.54, 1.807) is 11.3 Å². The van der Waals surface area contributed by atoms with Gasteiger partial charge in [-0.2, -0.15) is 0 Å². The van der Waals surface area contributed by atoms with Crippen LogP contribution in [-0.4, -0.2) is 85.4 Å². The van der Waals surface area contributed by atoms with Crippen LogP contribution in [0.4, 0.5) is 0 Å². The maximum absolute atomic E-state index is 11.8. The third kappa shape index (κ3) is 8.69. The second-order valence-corrected chi connectivity index (χ2v) is 11.5. The van der Waals surface area contributed by atoms with Gasteiger partial charge >= 0.3 is 5.97 Å². The first kappa shape index (κ1) is 30.9. The number of fused-ring (bicyclic) bond motifs is 1. The smallest absolute Gasteiger partial charge is 0.305 e. The zero-order valence-corrected chi connectivity index (χ0v) is 22.5. The van der Waals surface area contributed by atoms with Crippen LogP contribution in [0.3, 0.4) is 0 Å². The quantitative estimate of drug-likeness (QED) is 0.121. The largest absolute Gasteiger partial charge is 0.463 e. The first-order valence-electron chi connectivity index (χ1n) is 13.5. The zero-order valence-electron chi connectivity index (χ0n) is 21.6. The van der Waals surface area contributed by atoms with Crippen LogP contribution in [0.1, 0.15) is 68.8 Å². The average Bonchev–Trinajstić information content (AvgIpc) is 3.46. The number of unbranched alkanes of at least 4 members (excludes halogenated alkanes) is 3. The molecule has 1 heterocycles. The van der Waals surface area contributed by atoms with Gasteiger partial charge in [0.1, 0.15) is 24.9 Å². The third-order valence-corrected chi connectivity index (χ3v) is 8.84. The second kappa shape index (κ2) is 15.2. The van der Waals surface area contributed by atoms with Gasteiger partial charge in [0.15, 0.2) is 0 Å². The molecule has 1 saturated carbocycles. The van der Waals surface area contributed by atoms with E-state index in [2.05, 4.69) is 0 Å². The Hall–Kier alpha value is -1.63. The van der Waals surface area contributed by atoms with Crippen LogP contribution in [0.2, 0.25) is 0 Å². The number of aliphatic hydroxyl groups is 7. The van der Waals surface area contributed by atoms with Gasteiger partial charge in [-0.1, -0.05) is 37.5 Å². The van der Waals surface area contributed by atoms with Gasteiger partial charge in [-0.15, -0.1) is 11.3 Å². The van der Waals surface area contributed by atoms with E-state index in [0.29, 0.717) is 25.7 Å². The molecular formula is C28H42O9S. The predicted octanol–water partition coefficient (Wildman–Crippen LogP) is 2.03. The number of benzene rings is 1. The van der Waals surface area contributed by atoms with Crippen molar-refractivity contribution < 1.29 is 45.3 Å². The van der Waals surface area contributed by atoms with Crippen molar-refractivity contribution in [3.63, 3.8) is 0 Å². The van der Waals surface area contributed by atoms with Gasteiger partial charge in [0.2, 0.25) is 0 Å². The maximum atomic E-state index is 11.8. The lowest BCUT2D eigenvalue weighted by atomic mass is 9.84. The van der Waals surface area contributed by atoms with E-state index in [-0.39, 0.29) is 18.3 Å². The van der Waals surface area contributed by atoms with E-state index in [1.807, 2.05) is 30.3 Å². The molecule has 3 rings (SSSR count). The lowest BCUT2D eigenvalue weighted by molar-refractivity contribution is -0.152. The first-order valence-corrected chi connectivity index (χ1v) is 14.4. The molecule has 0 bridgehead atoms. The summed E-state index contributed by atoms with van der Waals surface area (Å²) in [5.41, 5.74) is 0. The lowest BCUT2D eigenvalue weighted by Gasteiger charge is -2.24. The van der Waals surface area contributed by atoms with Crippen molar-refractivity contribution in [1.29, 1.82) is 0 Å². The van der Waals surface area contributed by atoms with Crippen LogP contribution >= 0.6 is 11.3 Å². The molecule has 0 spiro atoms. The van der Waals surface area contributed by atoms with Crippen LogP contribution in [0.15, 0.2) is 30.3 Å². The molecule has 7 N–H and O–H groups in total. The van der Waals surface area contributed by atoms with E-state index in [1.165, 1.54) is 0 Å². The Labute approximate surface area is 227 Å². The SMILES string of the molecule is O=C(CCCCCC[C@@H]1[C@@H](CC[C@@H](O)c2cc3ccccc3s2)[C@H](O)C[C@@H]1O)OC[C@@H](O)[C@@H](O)[C@@H](O)CO. The maximum Gasteiger partial charge on any atom is 0.305 e. The fourth-order valence-corrected chi connectivity index (χ4v) is 6.44. The highest BCUT2D eigenvalue weighted by Crippen LogP contribution is 2.41. The van der Waals surface area contributed by atoms with Crippen molar-refractivity contribution in [3.8, 4) is 0 Å². The summed E-state index contributed by atoms with van der Waals surface area (Å²) in [5, 5.41) is 70.3. The molecule has 2 aromatic rings. The summed E-state index contributed by atoms with van der Waals surface area (Å²) in [6.07, 6.45) is -0.773. The molecule has 0 aliphatic heterocycles. The predicted molar refractivity (Wildman–Crippen MR) is 143 cm³/mol. The standard InChI is InChI=1S/C28H42O9S/c29-15-23(33)28(36)24(34)16-37-27(35)10-4-2-1-3-8-18-19(22(32)14-21(18)31)11-12-20(30)26-13-17-7-5-6-9-25(17)38-26/h5-7,9,13,18-24,28-34,36H,1-4,8,10-12,14-16H2/t18-,19-,20-,21+,22-,23+,24-,28+/m1/s1. The molecule has 0 amide bonds. The van der Waals surface area contributed by atoms with E-state index in [4.69, 9.17) is 9.84 Å². The number of esters is 1. The zero-order chi connectivity index (χ0) is 27.7. The molecule has 0 unspecified atom stereocenters. The number of thiophene rings is 1. The highest BCUT2D eigenvalue weighted by molar-refractivity contribution is 7.19. The van der Waals surface area contributed by atoms with Crippen molar-refractivity contribution in [3.05, 3.63) is 35.2 Å². The van der Waals surface area contributed by atoms with Crippen LogP contribution < -0.4 is 0 Å². The van der Waals surface area contributed by atoms with Crippen molar-refractivity contribution in [2.24, 2.45) is 11.8 Å². The first-order chi connectivity index (χ1) is 18.2. The van der Waals surface area contributed by atoms with Gasteiger partial charge in [-0.25, -0.2) is 0 Å². The Morgan fingerprint density at radius 1 is 0.947 bits per heavy atom. The van der Waals surface area contributed by atoms with E-state index < -0.39 is 55.8 Å². The fraction of sp³-hybridized carbons (Fsp3) is 0.679. The van der Waals surface area contributed by atoms with Gasteiger partial charge in [0.05, 0.1) is 24.9 Å². The molecule has 214 valence electrons. The molecule has 8 atom stereocenters. The molecule has 1 aromatic heterocycles. The number of aliphatic hydroxyl groups excluding tert-OH is 7. The topological polar surface area (TPSA) is 168 Å². The molecule has 1 fully saturated rings. The number of carbonyl (C=O) groups is 1. The summed E-state index contributed by atoms with van der Waals surface area (Å²) >= 11 is 1.58. The number of ether oxygens (including phenoxy) is 1. The van der Waals surface area contributed by atoms with Crippen molar-refractivity contribution in [2.75, 3.05) is 13.2 Å². The van der Waals surface area contributed by atoms with Crippen molar-refractivity contribution >= 4 is 27.4 Å². The summed E-state index contributed by atoms with van der Waals surface area (Å²) in [7, 11) is 0. The van der Waals surface area contributed by atoms with Gasteiger partial charge in [0.25, 0.3) is 0 Å². The molecule has 1 aliphatic carbocycles. The normalized spacial score (nSPS) is 24.8. The highest BCUT2D eigenvalue weighted by Gasteiger charge is 2.41. The number of carbonyl (C=O) groups excluding carboxylic acids is 1. The summed E-state index contributed by atoms with van der Waals surface area (Å²) in [6, 6.07) is 10.0. The van der Waals surface area contributed by atoms with Gasteiger partial charge in [-0.3, -0.25) is 4.79 Å². The molecule has 0 radical (unpaired) electrons. The minimum Gasteiger partial charge on any atom is -0.463 e. The summed E-state index contributed by atoms with van der Waals surface area (Å²) in [5.74, 6) is -0.594. The Balaban J connectivity index is 1.33. The molecular weight excluding hydrogens is 512 g/mol. The summed E-state index contributed by atoms with van der Waals surface area (Å²) in [4.78, 5) is 12.8. The number of hydrogen-bond donors (Lipinski definition) is 7. The summed E-state index contributed by atoms with van der Waals surface area (Å²) < 4.78 is 6.06. The second-order valence-electron chi connectivity index (χ2n) is 10.4. The Bertz CT molecular complexity index is 949. The van der Waals surface area contributed by atoms with Crippen LogP contribution in [0.25, 0.3) is 10.1 Å². The van der Waals surface area contributed by atoms with Crippen LogP contribution in [0, 0.1) is 11.8 Å². The van der Waals surface area contributed by atoms with Crippen molar-refractivity contribution in [2.45, 2.75) is 94.4 Å². The third-order valence-electron chi connectivity index (χ3n) is 7.63. The molecule has 1 aliphatic rings. The van der Waals surface area contributed by atoms with Gasteiger partial charge < -0.3 is 40.5 Å². The average molecular weight is 555 g/mol. The van der Waals surface area contributed by atoms with E-state index >= 15 is 0 Å². The van der Waals surface area contributed by atoms with Gasteiger partial charge in [-0.05, 0) is 61.5 Å². The molecule has 9 nitrogen and oxygen atoms in total. The fourth-order valence-electron chi connectivity index (χ4n) is 5.36. The number of hydrogen-bond acceptors (Lipinski definition) is 10. The molecule has 38 heavy (non-hydrogen) atoms. The summed E-state index contributed by atoms with van der Waals surface area (Å²) in [6.45, 7) is -1.17. The Kier molecular flexibility index (Phi) is 12.4. The monoisotopic (exact) mass is 554 g/mol. The van der Waals surface area contributed by atoms with Crippen LogP contribution in [0.5, 0.6) is 0 Å². The van der Waals surface area contributed by atoms with E-state index in [0.717, 1.165) is 40.6 Å². The minimum absolute atomic E-state index is 0.0215. The Morgan fingerprint density at radius 2 is 1.63 bits per heavy atom. The minimum atomic E-state index is -1.60.